The Labute approximate surface area is 119 Å². The number of rotatable bonds is 4. The molecule has 0 aliphatic carbocycles. The van der Waals surface area contributed by atoms with Crippen LogP contribution in [-0.2, 0) is 0 Å². The van der Waals surface area contributed by atoms with Crippen molar-refractivity contribution in [3.63, 3.8) is 0 Å². The number of hydrogen-bond donors (Lipinski definition) is 1. The Morgan fingerprint density at radius 1 is 1.44 bits per heavy atom. The van der Waals surface area contributed by atoms with Crippen molar-refractivity contribution in [2.75, 3.05) is 14.2 Å². The van der Waals surface area contributed by atoms with E-state index < -0.39 is 0 Å². The molecule has 0 saturated heterocycles. The first kappa shape index (κ1) is 13.5. The van der Waals surface area contributed by atoms with Gasteiger partial charge in [-0.25, -0.2) is 4.98 Å². The highest BCUT2D eigenvalue weighted by molar-refractivity contribution is 9.10. The molecule has 0 spiro atoms. The van der Waals surface area contributed by atoms with E-state index in [2.05, 4.69) is 38.5 Å². The van der Waals surface area contributed by atoms with Crippen molar-refractivity contribution >= 4 is 27.3 Å². The van der Waals surface area contributed by atoms with Crippen molar-refractivity contribution in [2.45, 2.75) is 13.0 Å². The van der Waals surface area contributed by atoms with Crippen molar-refractivity contribution in [3.05, 3.63) is 33.7 Å². The SMILES string of the molecule is CNC(C)c1csc(-c2ccc(OC)c(Br)c2)n1. The summed E-state index contributed by atoms with van der Waals surface area (Å²) in [6.45, 7) is 2.10. The Morgan fingerprint density at radius 3 is 2.83 bits per heavy atom. The Hall–Kier alpha value is -0.910. The van der Waals surface area contributed by atoms with Crippen molar-refractivity contribution < 1.29 is 4.74 Å². The van der Waals surface area contributed by atoms with Crippen LogP contribution < -0.4 is 10.1 Å². The molecular formula is C13H15BrN2OS. The third-order valence-electron chi connectivity index (χ3n) is 2.80. The van der Waals surface area contributed by atoms with Crippen LogP contribution in [0.4, 0.5) is 0 Å². The van der Waals surface area contributed by atoms with Crippen molar-refractivity contribution in [2.24, 2.45) is 0 Å². The topological polar surface area (TPSA) is 34.1 Å². The number of hydrogen-bond acceptors (Lipinski definition) is 4. The minimum atomic E-state index is 0.275. The second kappa shape index (κ2) is 5.82. The van der Waals surface area contributed by atoms with Gasteiger partial charge in [0.2, 0.25) is 0 Å². The number of halogens is 1. The molecule has 1 atom stereocenters. The van der Waals surface area contributed by atoms with Gasteiger partial charge in [0, 0.05) is 17.0 Å². The lowest BCUT2D eigenvalue weighted by molar-refractivity contribution is 0.412. The molecular weight excluding hydrogens is 312 g/mol. The summed E-state index contributed by atoms with van der Waals surface area (Å²) in [5.74, 6) is 0.833. The highest BCUT2D eigenvalue weighted by atomic mass is 79.9. The summed E-state index contributed by atoms with van der Waals surface area (Å²) < 4.78 is 6.17. The zero-order chi connectivity index (χ0) is 13.1. The third-order valence-corrected chi connectivity index (χ3v) is 4.33. The summed E-state index contributed by atoms with van der Waals surface area (Å²) in [4.78, 5) is 4.64. The molecule has 0 bridgehead atoms. The van der Waals surface area contributed by atoms with E-state index in [1.54, 1.807) is 18.4 Å². The van der Waals surface area contributed by atoms with Crippen molar-refractivity contribution in [3.8, 4) is 16.3 Å². The van der Waals surface area contributed by atoms with Crippen LogP contribution in [0.25, 0.3) is 10.6 Å². The zero-order valence-electron chi connectivity index (χ0n) is 10.5. The lowest BCUT2D eigenvalue weighted by Crippen LogP contribution is -2.12. The van der Waals surface area contributed by atoms with Crippen LogP contribution in [0.3, 0.4) is 0 Å². The quantitative estimate of drug-likeness (QED) is 0.926. The Bertz CT molecular complexity index is 542. The van der Waals surface area contributed by atoms with E-state index in [1.807, 2.05) is 25.2 Å². The summed E-state index contributed by atoms with van der Waals surface area (Å²) in [7, 11) is 3.60. The maximum absolute atomic E-state index is 5.22. The van der Waals surface area contributed by atoms with Crippen LogP contribution in [-0.4, -0.2) is 19.1 Å². The molecule has 1 unspecified atom stereocenters. The lowest BCUT2D eigenvalue weighted by atomic mass is 10.2. The first-order valence-corrected chi connectivity index (χ1v) is 7.29. The minimum absolute atomic E-state index is 0.275. The standard InChI is InChI=1S/C13H15BrN2OS/c1-8(15-2)11-7-18-13(16-11)9-4-5-12(17-3)10(14)6-9/h4-8,15H,1-3H3. The fourth-order valence-electron chi connectivity index (χ4n) is 1.56. The second-order valence-corrected chi connectivity index (χ2v) is 5.65. The Balaban J connectivity index is 2.31. The van der Waals surface area contributed by atoms with Crippen LogP contribution in [0.1, 0.15) is 18.7 Å². The number of nitrogens with one attached hydrogen (secondary N) is 1. The van der Waals surface area contributed by atoms with Crippen LogP contribution >= 0.6 is 27.3 Å². The molecule has 0 aliphatic heterocycles. The van der Waals surface area contributed by atoms with E-state index in [0.717, 1.165) is 26.5 Å². The average molecular weight is 327 g/mol. The Kier molecular flexibility index (Phi) is 4.37. The Morgan fingerprint density at radius 2 is 2.22 bits per heavy atom. The van der Waals surface area contributed by atoms with E-state index in [4.69, 9.17) is 4.74 Å². The van der Waals surface area contributed by atoms with Gasteiger partial charge >= 0.3 is 0 Å². The molecule has 18 heavy (non-hydrogen) atoms. The van der Waals surface area contributed by atoms with Gasteiger partial charge in [-0.15, -0.1) is 11.3 Å². The van der Waals surface area contributed by atoms with Gasteiger partial charge < -0.3 is 10.1 Å². The molecule has 0 fully saturated rings. The molecule has 0 aliphatic rings. The monoisotopic (exact) mass is 326 g/mol. The van der Waals surface area contributed by atoms with Gasteiger partial charge in [0.25, 0.3) is 0 Å². The van der Waals surface area contributed by atoms with Gasteiger partial charge in [-0.2, -0.15) is 0 Å². The second-order valence-electron chi connectivity index (χ2n) is 3.94. The van der Waals surface area contributed by atoms with Gasteiger partial charge in [0.05, 0.1) is 17.3 Å². The fourth-order valence-corrected chi connectivity index (χ4v) is 3.02. The molecule has 0 radical (unpaired) electrons. The van der Waals surface area contributed by atoms with E-state index in [0.29, 0.717) is 0 Å². The van der Waals surface area contributed by atoms with Crippen LogP contribution in [0, 0.1) is 0 Å². The molecule has 0 saturated carbocycles. The maximum atomic E-state index is 5.22. The predicted molar refractivity (Wildman–Crippen MR) is 79.3 cm³/mol. The first-order chi connectivity index (χ1) is 8.65. The molecule has 0 amide bonds. The summed E-state index contributed by atoms with van der Waals surface area (Å²) in [5.41, 5.74) is 2.17. The lowest BCUT2D eigenvalue weighted by Gasteiger charge is -2.06. The molecule has 3 nitrogen and oxygen atoms in total. The zero-order valence-corrected chi connectivity index (χ0v) is 12.9. The summed E-state index contributed by atoms with van der Waals surface area (Å²) in [6, 6.07) is 6.28. The van der Waals surface area contributed by atoms with Gasteiger partial charge in [0.1, 0.15) is 10.8 Å². The minimum Gasteiger partial charge on any atom is -0.496 e. The van der Waals surface area contributed by atoms with Crippen molar-refractivity contribution in [1.29, 1.82) is 0 Å². The van der Waals surface area contributed by atoms with Crippen LogP contribution in [0.5, 0.6) is 5.75 Å². The van der Waals surface area contributed by atoms with Gasteiger partial charge in [-0.05, 0) is 48.1 Å². The number of nitrogens with zero attached hydrogens (tertiary/aromatic N) is 1. The maximum Gasteiger partial charge on any atom is 0.133 e. The normalized spacial score (nSPS) is 12.4. The smallest absolute Gasteiger partial charge is 0.133 e. The van der Waals surface area contributed by atoms with Gasteiger partial charge in [-0.1, -0.05) is 0 Å². The van der Waals surface area contributed by atoms with E-state index in [9.17, 15) is 0 Å². The average Bonchev–Trinajstić information content (AvgIpc) is 2.87. The molecule has 1 aromatic heterocycles. The van der Waals surface area contributed by atoms with Crippen molar-refractivity contribution in [1.82, 2.24) is 10.3 Å². The number of ether oxygens (including phenoxy) is 1. The first-order valence-electron chi connectivity index (χ1n) is 5.62. The summed E-state index contributed by atoms with van der Waals surface area (Å²) in [5, 5.41) is 6.31. The molecule has 1 N–H and O–H groups in total. The molecule has 2 rings (SSSR count). The predicted octanol–water partition coefficient (Wildman–Crippen LogP) is 3.86. The van der Waals surface area contributed by atoms with Crippen LogP contribution in [0.2, 0.25) is 0 Å². The summed E-state index contributed by atoms with van der Waals surface area (Å²) >= 11 is 5.15. The van der Waals surface area contributed by atoms with Gasteiger partial charge in [-0.3, -0.25) is 0 Å². The van der Waals surface area contributed by atoms with E-state index >= 15 is 0 Å². The van der Waals surface area contributed by atoms with Gasteiger partial charge in [0.15, 0.2) is 0 Å². The van der Waals surface area contributed by atoms with E-state index in [-0.39, 0.29) is 6.04 Å². The number of aromatic nitrogens is 1. The molecule has 1 heterocycles. The molecule has 96 valence electrons. The van der Waals surface area contributed by atoms with E-state index in [1.165, 1.54) is 0 Å². The number of thiazole rings is 1. The highest BCUT2D eigenvalue weighted by Gasteiger charge is 2.10. The number of methoxy groups -OCH3 is 1. The van der Waals surface area contributed by atoms with Crippen LogP contribution in [0.15, 0.2) is 28.1 Å². The third kappa shape index (κ3) is 2.74. The largest absolute Gasteiger partial charge is 0.496 e. The highest BCUT2D eigenvalue weighted by Crippen LogP contribution is 2.32. The number of benzene rings is 1. The molecule has 1 aromatic carbocycles. The summed E-state index contributed by atoms with van der Waals surface area (Å²) in [6.07, 6.45) is 0. The fraction of sp³-hybridized carbons (Fsp3) is 0.308. The molecule has 2 aromatic rings. The molecule has 5 heteroatoms.